The van der Waals surface area contributed by atoms with Gasteiger partial charge in [0.15, 0.2) is 5.16 Å². The number of hydrazine groups is 1. The zero-order valence-electron chi connectivity index (χ0n) is 9.96. The maximum Gasteiger partial charge on any atom is 0.265 e. The zero-order chi connectivity index (χ0) is 13.0. The van der Waals surface area contributed by atoms with Crippen molar-refractivity contribution in [2.24, 2.45) is 12.9 Å². The Morgan fingerprint density at radius 3 is 2.72 bits per heavy atom. The lowest BCUT2D eigenvalue weighted by Gasteiger charge is -2.03. The predicted octanol–water partition coefficient (Wildman–Crippen LogP) is 1.32. The minimum Gasteiger partial charge on any atom is -0.329 e. The summed E-state index contributed by atoms with van der Waals surface area (Å²) in [7, 11) is 1.96. The van der Waals surface area contributed by atoms with Gasteiger partial charge in [-0.05, 0) is 17.7 Å². The number of hydrogen-bond donors (Lipinski definition) is 2. The highest BCUT2D eigenvalue weighted by Gasteiger charge is 2.04. The summed E-state index contributed by atoms with van der Waals surface area (Å²) in [6.45, 7) is 0. The summed E-state index contributed by atoms with van der Waals surface area (Å²) >= 11 is 1.65. The molecule has 0 bridgehead atoms. The number of carbonyl (C=O) groups is 1. The Morgan fingerprint density at radius 1 is 1.44 bits per heavy atom. The number of nitrogen functional groups attached to an aromatic ring is 1. The number of nitrogens with two attached hydrogens (primary N) is 1. The number of nitrogens with one attached hydrogen (secondary N) is 1. The Bertz CT molecular complexity index is 535. The van der Waals surface area contributed by atoms with Gasteiger partial charge in [-0.1, -0.05) is 23.9 Å². The first-order valence-corrected chi connectivity index (χ1v) is 6.39. The molecule has 0 aliphatic carbocycles. The smallest absolute Gasteiger partial charge is 0.265 e. The Kier molecular flexibility index (Phi) is 4.01. The fraction of sp³-hybridized carbons (Fsp3) is 0.167. The molecule has 0 saturated heterocycles. The second-order valence-corrected chi connectivity index (χ2v) is 4.72. The highest BCUT2D eigenvalue weighted by Crippen LogP contribution is 2.20. The number of hydrogen-bond acceptors (Lipinski definition) is 4. The average molecular weight is 262 g/mol. The first-order valence-electron chi connectivity index (χ1n) is 5.40. The number of benzene rings is 1. The molecule has 0 aliphatic rings. The molecule has 94 valence electrons. The highest BCUT2D eigenvalue weighted by molar-refractivity contribution is 7.98. The standard InChI is InChI=1S/C12H14N4OS/c1-16-7-6-14-12(16)18-8-9-2-4-10(5-3-9)11(17)15-13/h2-7H,8,13H2,1H3,(H,15,17). The molecule has 0 saturated carbocycles. The largest absolute Gasteiger partial charge is 0.329 e. The molecule has 3 N–H and O–H groups in total. The molecule has 1 aromatic heterocycles. The van der Waals surface area contributed by atoms with Crippen LogP contribution >= 0.6 is 11.8 Å². The van der Waals surface area contributed by atoms with Gasteiger partial charge in [-0.15, -0.1) is 0 Å². The number of nitrogens with zero attached hydrogens (tertiary/aromatic N) is 2. The lowest BCUT2D eigenvalue weighted by molar-refractivity contribution is 0.0953. The van der Waals surface area contributed by atoms with Crippen molar-refractivity contribution in [2.45, 2.75) is 10.9 Å². The maximum atomic E-state index is 11.3. The normalized spacial score (nSPS) is 10.3. The number of imidazole rings is 1. The van der Waals surface area contributed by atoms with Crippen molar-refractivity contribution < 1.29 is 4.79 Å². The van der Waals surface area contributed by atoms with Crippen molar-refractivity contribution >= 4 is 17.7 Å². The monoisotopic (exact) mass is 262 g/mol. The van der Waals surface area contributed by atoms with Gasteiger partial charge in [-0.25, -0.2) is 10.8 Å². The van der Waals surface area contributed by atoms with Crippen molar-refractivity contribution in [1.29, 1.82) is 0 Å². The van der Waals surface area contributed by atoms with Gasteiger partial charge in [0.2, 0.25) is 0 Å². The van der Waals surface area contributed by atoms with Crippen LogP contribution in [0.4, 0.5) is 0 Å². The lowest BCUT2D eigenvalue weighted by atomic mass is 10.1. The number of amides is 1. The number of aryl methyl sites for hydroxylation is 1. The second kappa shape index (κ2) is 5.70. The van der Waals surface area contributed by atoms with E-state index < -0.39 is 0 Å². The molecule has 5 nitrogen and oxygen atoms in total. The number of thioether (sulfide) groups is 1. The highest BCUT2D eigenvalue weighted by atomic mass is 32.2. The van der Waals surface area contributed by atoms with Crippen molar-refractivity contribution in [2.75, 3.05) is 0 Å². The Hall–Kier alpha value is -1.79. The van der Waals surface area contributed by atoms with E-state index >= 15 is 0 Å². The van der Waals surface area contributed by atoms with Crippen molar-refractivity contribution in [3.05, 3.63) is 47.8 Å². The van der Waals surface area contributed by atoms with Gasteiger partial charge < -0.3 is 4.57 Å². The maximum absolute atomic E-state index is 11.3. The van der Waals surface area contributed by atoms with E-state index in [1.165, 1.54) is 0 Å². The summed E-state index contributed by atoms with van der Waals surface area (Å²) in [5.74, 6) is 5.60. The summed E-state index contributed by atoms with van der Waals surface area (Å²) in [5, 5.41) is 0.971. The van der Waals surface area contributed by atoms with E-state index in [1.54, 1.807) is 30.1 Å². The molecule has 0 atom stereocenters. The third-order valence-electron chi connectivity index (χ3n) is 2.49. The van der Waals surface area contributed by atoms with Crippen LogP contribution in [0, 0.1) is 0 Å². The second-order valence-electron chi connectivity index (χ2n) is 3.78. The van der Waals surface area contributed by atoms with Crippen molar-refractivity contribution in [3.8, 4) is 0 Å². The molecule has 1 amide bonds. The van der Waals surface area contributed by atoms with Crippen molar-refractivity contribution in [1.82, 2.24) is 15.0 Å². The molecule has 0 unspecified atom stereocenters. The molecular weight excluding hydrogens is 248 g/mol. The van der Waals surface area contributed by atoms with Crippen molar-refractivity contribution in [3.63, 3.8) is 0 Å². The minimum absolute atomic E-state index is 0.279. The van der Waals surface area contributed by atoms with Crippen LogP contribution in [0.25, 0.3) is 0 Å². The van der Waals surface area contributed by atoms with Crippen LogP contribution in [0.5, 0.6) is 0 Å². The van der Waals surface area contributed by atoms with Crippen LogP contribution in [0.15, 0.2) is 41.8 Å². The van der Waals surface area contributed by atoms with E-state index in [9.17, 15) is 4.79 Å². The SMILES string of the molecule is Cn1ccnc1SCc1ccc(C(=O)NN)cc1. The first kappa shape index (κ1) is 12.7. The van der Waals surface area contributed by atoms with Crippen LogP contribution in [0.2, 0.25) is 0 Å². The fourth-order valence-electron chi connectivity index (χ4n) is 1.47. The fourth-order valence-corrected chi connectivity index (χ4v) is 2.36. The van der Waals surface area contributed by atoms with E-state index in [0.29, 0.717) is 5.56 Å². The number of rotatable bonds is 4. The van der Waals surface area contributed by atoms with Gasteiger partial charge in [-0.2, -0.15) is 0 Å². The minimum atomic E-state index is -0.279. The molecule has 18 heavy (non-hydrogen) atoms. The van der Waals surface area contributed by atoms with Gasteiger partial charge >= 0.3 is 0 Å². The predicted molar refractivity (Wildman–Crippen MR) is 70.9 cm³/mol. The van der Waals surface area contributed by atoms with E-state index in [4.69, 9.17) is 5.84 Å². The van der Waals surface area contributed by atoms with Crippen LogP contribution in [-0.2, 0) is 12.8 Å². The van der Waals surface area contributed by atoms with Gasteiger partial charge in [0.25, 0.3) is 5.91 Å². The molecule has 0 aliphatic heterocycles. The quantitative estimate of drug-likeness (QED) is 0.377. The summed E-state index contributed by atoms with van der Waals surface area (Å²) in [5.41, 5.74) is 3.80. The third kappa shape index (κ3) is 2.91. The zero-order valence-corrected chi connectivity index (χ0v) is 10.8. The first-order chi connectivity index (χ1) is 8.70. The molecule has 0 fully saturated rings. The van der Waals surface area contributed by atoms with Crippen LogP contribution in [-0.4, -0.2) is 15.5 Å². The van der Waals surface area contributed by atoms with E-state index in [-0.39, 0.29) is 5.91 Å². The van der Waals surface area contributed by atoms with Gasteiger partial charge in [0.05, 0.1) is 0 Å². The Balaban J connectivity index is 1.98. The summed E-state index contributed by atoms with van der Waals surface area (Å²) in [4.78, 5) is 15.5. The summed E-state index contributed by atoms with van der Waals surface area (Å²) in [6.07, 6.45) is 3.69. The molecular formula is C12H14N4OS. The molecule has 6 heteroatoms. The number of aromatic nitrogens is 2. The van der Waals surface area contributed by atoms with E-state index in [2.05, 4.69) is 10.4 Å². The van der Waals surface area contributed by atoms with Crippen LogP contribution in [0.1, 0.15) is 15.9 Å². The Morgan fingerprint density at radius 2 is 2.17 bits per heavy atom. The van der Waals surface area contributed by atoms with E-state index in [1.807, 2.05) is 29.9 Å². The summed E-state index contributed by atoms with van der Waals surface area (Å²) in [6, 6.07) is 7.36. The molecule has 2 rings (SSSR count). The molecule has 0 radical (unpaired) electrons. The van der Waals surface area contributed by atoms with Gasteiger partial charge in [0, 0.05) is 30.8 Å². The summed E-state index contributed by atoms with van der Waals surface area (Å²) < 4.78 is 1.97. The van der Waals surface area contributed by atoms with Gasteiger partial charge in [0.1, 0.15) is 0 Å². The van der Waals surface area contributed by atoms with Crippen LogP contribution in [0.3, 0.4) is 0 Å². The molecule has 1 aromatic carbocycles. The molecule has 2 aromatic rings. The number of carbonyl (C=O) groups excluding carboxylic acids is 1. The third-order valence-corrected chi connectivity index (χ3v) is 3.62. The molecule has 0 spiro atoms. The van der Waals surface area contributed by atoms with Crippen LogP contribution < -0.4 is 11.3 Å². The molecule has 1 heterocycles. The average Bonchev–Trinajstić information content (AvgIpc) is 2.81. The topological polar surface area (TPSA) is 72.9 Å². The lowest BCUT2D eigenvalue weighted by Crippen LogP contribution is -2.29. The van der Waals surface area contributed by atoms with E-state index in [0.717, 1.165) is 16.5 Å². The Labute approximate surface area is 109 Å². The van der Waals surface area contributed by atoms with Gasteiger partial charge in [-0.3, -0.25) is 10.2 Å².